The van der Waals surface area contributed by atoms with E-state index in [1.807, 2.05) is 25.1 Å². The Morgan fingerprint density at radius 3 is 2.80 bits per heavy atom. The van der Waals surface area contributed by atoms with Crippen LogP contribution in [0.4, 0.5) is 0 Å². The monoisotopic (exact) mass is 278 g/mol. The molecule has 0 aliphatic carbocycles. The lowest BCUT2D eigenvalue weighted by atomic mass is 9.91. The molecule has 3 N–H and O–H groups in total. The summed E-state index contributed by atoms with van der Waals surface area (Å²) in [6.07, 6.45) is 0.740. The van der Waals surface area contributed by atoms with Gasteiger partial charge in [0.1, 0.15) is 5.75 Å². The van der Waals surface area contributed by atoms with Crippen molar-refractivity contribution >= 4 is 0 Å². The molecule has 4 nitrogen and oxygen atoms in total. The van der Waals surface area contributed by atoms with Crippen LogP contribution in [0.15, 0.2) is 24.3 Å². The Morgan fingerprint density at radius 2 is 2.20 bits per heavy atom. The lowest BCUT2D eigenvalue weighted by Crippen LogP contribution is -2.48. The van der Waals surface area contributed by atoms with Gasteiger partial charge in [-0.1, -0.05) is 19.1 Å². The molecule has 0 bridgehead atoms. The van der Waals surface area contributed by atoms with Crippen molar-refractivity contribution in [3.05, 3.63) is 29.8 Å². The Hall–Kier alpha value is -1.10. The predicted octanol–water partition coefficient (Wildman–Crippen LogP) is 1.79. The smallest absolute Gasteiger partial charge is 0.119 e. The number of piperidine rings is 1. The third-order valence-electron chi connectivity index (χ3n) is 4.28. The normalized spacial score (nSPS) is 27.1. The van der Waals surface area contributed by atoms with E-state index in [0.717, 1.165) is 24.3 Å². The highest BCUT2D eigenvalue weighted by Gasteiger charge is 2.31. The summed E-state index contributed by atoms with van der Waals surface area (Å²) >= 11 is 0. The molecule has 0 amide bonds. The first kappa shape index (κ1) is 15.3. The van der Waals surface area contributed by atoms with E-state index in [0.29, 0.717) is 12.5 Å². The summed E-state index contributed by atoms with van der Waals surface area (Å²) in [6.45, 7) is 5.79. The van der Waals surface area contributed by atoms with Gasteiger partial charge >= 0.3 is 0 Å². The van der Waals surface area contributed by atoms with Crippen molar-refractivity contribution in [1.29, 1.82) is 0 Å². The minimum atomic E-state index is -0.268. The molecule has 2 rings (SSSR count). The molecular formula is C16H26N2O2. The van der Waals surface area contributed by atoms with E-state index < -0.39 is 0 Å². The van der Waals surface area contributed by atoms with Gasteiger partial charge in [0.15, 0.2) is 0 Å². The van der Waals surface area contributed by atoms with Gasteiger partial charge in [0.05, 0.1) is 13.2 Å². The number of rotatable bonds is 4. The maximum Gasteiger partial charge on any atom is 0.119 e. The van der Waals surface area contributed by atoms with E-state index in [4.69, 9.17) is 10.5 Å². The molecule has 4 unspecified atom stereocenters. The highest BCUT2D eigenvalue weighted by atomic mass is 16.5. The molecule has 20 heavy (non-hydrogen) atoms. The molecule has 0 spiro atoms. The zero-order valence-corrected chi connectivity index (χ0v) is 12.6. The summed E-state index contributed by atoms with van der Waals surface area (Å²) in [7, 11) is 1.67. The summed E-state index contributed by atoms with van der Waals surface area (Å²) in [6, 6.07) is 8.18. The Bertz CT molecular complexity index is 436. The number of hydrogen-bond acceptors (Lipinski definition) is 4. The number of likely N-dealkylation sites (tertiary alicyclic amines) is 1. The number of β-amino-alcohol motifs (C(OH)–C–C–N with tert-alkyl or cyclic N) is 1. The zero-order chi connectivity index (χ0) is 14.7. The van der Waals surface area contributed by atoms with Crippen LogP contribution in [0.5, 0.6) is 5.75 Å². The molecule has 1 aliphatic heterocycles. The first-order valence-corrected chi connectivity index (χ1v) is 7.34. The van der Waals surface area contributed by atoms with Crippen LogP contribution in [0.25, 0.3) is 0 Å². The van der Waals surface area contributed by atoms with Crippen molar-refractivity contribution in [2.45, 2.75) is 38.5 Å². The van der Waals surface area contributed by atoms with E-state index in [1.54, 1.807) is 7.11 Å². The van der Waals surface area contributed by atoms with Gasteiger partial charge in [-0.3, -0.25) is 4.90 Å². The van der Waals surface area contributed by atoms with Gasteiger partial charge in [-0.15, -0.1) is 0 Å². The molecule has 4 heteroatoms. The fourth-order valence-electron chi connectivity index (χ4n) is 3.00. The molecule has 1 heterocycles. The second-order valence-corrected chi connectivity index (χ2v) is 5.91. The molecule has 1 aromatic rings. The first-order chi connectivity index (χ1) is 9.52. The fraction of sp³-hybridized carbons (Fsp3) is 0.625. The Balaban J connectivity index is 2.22. The number of nitrogens with two attached hydrogens (primary N) is 1. The van der Waals surface area contributed by atoms with Gasteiger partial charge in [-0.05, 0) is 43.5 Å². The van der Waals surface area contributed by atoms with Gasteiger partial charge in [0, 0.05) is 18.6 Å². The van der Waals surface area contributed by atoms with Crippen LogP contribution < -0.4 is 10.5 Å². The first-order valence-electron chi connectivity index (χ1n) is 7.34. The van der Waals surface area contributed by atoms with Crippen molar-refractivity contribution in [3.63, 3.8) is 0 Å². The zero-order valence-electron chi connectivity index (χ0n) is 12.6. The Labute approximate surface area is 121 Å². The minimum absolute atomic E-state index is 0.00251. The fourth-order valence-corrected chi connectivity index (χ4v) is 3.00. The largest absolute Gasteiger partial charge is 0.497 e. The van der Waals surface area contributed by atoms with Crippen molar-refractivity contribution in [2.24, 2.45) is 11.7 Å². The van der Waals surface area contributed by atoms with Crippen molar-refractivity contribution in [2.75, 3.05) is 20.2 Å². The molecule has 0 aromatic heterocycles. The third-order valence-corrected chi connectivity index (χ3v) is 4.28. The number of benzene rings is 1. The van der Waals surface area contributed by atoms with Crippen LogP contribution >= 0.6 is 0 Å². The van der Waals surface area contributed by atoms with Gasteiger partial charge in [-0.25, -0.2) is 0 Å². The molecule has 1 aromatic carbocycles. The summed E-state index contributed by atoms with van der Waals surface area (Å²) in [5.41, 5.74) is 7.36. The number of ether oxygens (including phenoxy) is 1. The Kier molecular flexibility index (Phi) is 5.02. The molecule has 1 fully saturated rings. The highest BCUT2D eigenvalue weighted by molar-refractivity contribution is 5.31. The average molecular weight is 278 g/mol. The van der Waals surface area contributed by atoms with Crippen LogP contribution in [-0.2, 0) is 0 Å². The van der Waals surface area contributed by atoms with E-state index >= 15 is 0 Å². The summed E-state index contributed by atoms with van der Waals surface area (Å²) in [5.74, 6) is 1.21. The number of methoxy groups -OCH3 is 1. The molecule has 1 aliphatic rings. The lowest BCUT2D eigenvalue weighted by molar-refractivity contribution is 0.00537. The van der Waals surface area contributed by atoms with Crippen LogP contribution in [0, 0.1) is 5.92 Å². The highest BCUT2D eigenvalue weighted by Crippen LogP contribution is 2.30. The molecule has 0 radical (unpaired) electrons. The van der Waals surface area contributed by atoms with E-state index in [-0.39, 0.29) is 18.2 Å². The lowest BCUT2D eigenvalue weighted by Gasteiger charge is -2.41. The number of aliphatic hydroxyl groups excluding tert-OH is 1. The number of nitrogens with zero attached hydrogens (tertiary/aromatic N) is 1. The summed E-state index contributed by atoms with van der Waals surface area (Å²) in [4.78, 5) is 2.30. The van der Waals surface area contributed by atoms with Crippen LogP contribution in [0.3, 0.4) is 0 Å². The molecule has 0 saturated carbocycles. The van der Waals surface area contributed by atoms with E-state index in [2.05, 4.69) is 17.9 Å². The van der Waals surface area contributed by atoms with E-state index in [1.165, 1.54) is 0 Å². The van der Waals surface area contributed by atoms with Gasteiger partial charge in [0.25, 0.3) is 0 Å². The van der Waals surface area contributed by atoms with Crippen molar-refractivity contribution in [3.8, 4) is 5.75 Å². The molecule has 112 valence electrons. The van der Waals surface area contributed by atoms with Crippen LogP contribution in [0.2, 0.25) is 0 Å². The second kappa shape index (κ2) is 6.57. The van der Waals surface area contributed by atoms with E-state index in [9.17, 15) is 5.11 Å². The summed E-state index contributed by atoms with van der Waals surface area (Å²) < 4.78 is 5.30. The molecule has 4 atom stereocenters. The van der Waals surface area contributed by atoms with Gasteiger partial charge < -0.3 is 15.6 Å². The average Bonchev–Trinajstić information content (AvgIpc) is 2.43. The van der Waals surface area contributed by atoms with Gasteiger partial charge in [0.2, 0.25) is 0 Å². The minimum Gasteiger partial charge on any atom is -0.497 e. The van der Waals surface area contributed by atoms with Crippen LogP contribution in [0.1, 0.15) is 31.9 Å². The quantitative estimate of drug-likeness (QED) is 0.881. The predicted molar refractivity (Wildman–Crippen MR) is 80.7 cm³/mol. The topological polar surface area (TPSA) is 58.7 Å². The maximum atomic E-state index is 10.1. The van der Waals surface area contributed by atoms with Crippen LogP contribution in [-0.4, -0.2) is 42.4 Å². The Morgan fingerprint density at radius 1 is 1.45 bits per heavy atom. The SMILES string of the molecule is COc1cccc(C(C(C)N)N2CCC(C)C(O)C2)c1. The number of aliphatic hydroxyl groups is 1. The standard InChI is InChI=1S/C16H26N2O2/c1-11-7-8-18(10-15(11)19)16(12(2)17)13-5-4-6-14(9-13)20-3/h4-6,9,11-12,15-16,19H,7-8,10,17H2,1-3H3. The number of hydrogen-bond donors (Lipinski definition) is 2. The summed E-state index contributed by atoms with van der Waals surface area (Å²) in [5, 5.41) is 10.1. The van der Waals surface area contributed by atoms with Crippen molar-refractivity contribution in [1.82, 2.24) is 4.90 Å². The maximum absolute atomic E-state index is 10.1. The second-order valence-electron chi connectivity index (χ2n) is 5.91. The third kappa shape index (κ3) is 3.32. The van der Waals surface area contributed by atoms with Gasteiger partial charge in [-0.2, -0.15) is 0 Å². The molecule has 1 saturated heterocycles. The molecular weight excluding hydrogens is 252 g/mol. The van der Waals surface area contributed by atoms with Crippen molar-refractivity contribution < 1.29 is 9.84 Å².